The molecule has 2 N–H and O–H groups in total. The Hall–Kier alpha value is -1.45. The predicted molar refractivity (Wildman–Crippen MR) is 47.0 cm³/mol. The second-order valence-electron chi connectivity index (χ2n) is 3.09. The minimum Gasteiger partial charge on any atom is -0.478 e. The summed E-state index contributed by atoms with van der Waals surface area (Å²) < 4.78 is 74.3. The first-order chi connectivity index (χ1) is 7.88. The van der Waals surface area contributed by atoms with Crippen LogP contribution >= 0.6 is 11.6 Å². The molecule has 1 atom stereocenters. The van der Waals surface area contributed by atoms with Gasteiger partial charge in [0.1, 0.15) is 11.3 Å². The van der Waals surface area contributed by atoms with Gasteiger partial charge in [-0.3, -0.25) is 0 Å². The lowest BCUT2D eigenvalue weighted by molar-refractivity contribution is -0.173. The van der Waals surface area contributed by atoms with E-state index in [1.165, 1.54) is 0 Å². The number of hydrogen-bond donors (Lipinski definition) is 2. The van der Waals surface area contributed by atoms with Crippen LogP contribution in [0.2, 0.25) is 0 Å². The van der Waals surface area contributed by atoms with Crippen molar-refractivity contribution in [1.29, 1.82) is 0 Å². The van der Waals surface area contributed by atoms with E-state index in [1.807, 2.05) is 0 Å². The number of allylic oxidation sites excluding steroid dienone is 1. The lowest BCUT2D eigenvalue weighted by atomic mass is 10.1. The Bertz CT molecular complexity index is 440. The van der Waals surface area contributed by atoms with Crippen LogP contribution < -0.4 is 5.32 Å². The predicted octanol–water partition coefficient (Wildman–Crippen LogP) is 2.02. The average Bonchev–Trinajstić information content (AvgIpc) is 2.13. The molecule has 4 nitrogen and oxygen atoms in total. The molecular formula is C7H3ClF6N2O2. The van der Waals surface area contributed by atoms with Gasteiger partial charge in [0, 0.05) is 6.21 Å². The van der Waals surface area contributed by atoms with E-state index in [4.69, 9.17) is 16.7 Å². The number of nitrogens with one attached hydrogen (secondary N) is 1. The third-order valence-corrected chi connectivity index (χ3v) is 2.23. The van der Waals surface area contributed by atoms with E-state index in [-0.39, 0.29) is 6.21 Å². The maximum absolute atomic E-state index is 12.4. The molecule has 0 saturated heterocycles. The molecule has 0 aliphatic carbocycles. The molecule has 1 aliphatic heterocycles. The molecule has 0 radical (unpaired) electrons. The number of aliphatic imine (C=N–C) groups is 1. The second-order valence-corrected chi connectivity index (χ2v) is 3.64. The number of carbonyl (C=O) groups is 1. The van der Waals surface area contributed by atoms with Crippen LogP contribution in [0.1, 0.15) is 0 Å². The van der Waals surface area contributed by atoms with Gasteiger partial charge in [0.15, 0.2) is 0 Å². The van der Waals surface area contributed by atoms with Gasteiger partial charge in [0.2, 0.25) is 0 Å². The van der Waals surface area contributed by atoms with Gasteiger partial charge in [0.05, 0.1) is 0 Å². The Kier molecular flexibility index (Phi) is 3.28. The zero-order valence-corrected chi connectivity index (χ0v) is 8.78. The number of aliphatic carboxylic acids is 1. The number of nitrogens with zero attached hydrogens (tertiary/aromatic N) is 1. The van der Waals surface area contributed by atoms with Crippen LogP contribution in [0.25, 0.3) is 0 Å². The molecule has 11 heteroatoms. The molecule has 0 aromatic carbocycles. The fourth-order valence-corrected chi connectivity index (χ4v) is 1.16. The molecular weight excluding hydrogens is 294 g/mol. The maximum atomic E-state index is 12.4. The van der Waals surface area contributed by atoms with Crippen molar-refractivity contribution in [1.82, 2.24) is 5.32 Å². The first-order valence-corrected chi connectivity index (χ1v) is 4.40. The van der Waals surface area contributed by atoms with Gasteiger partial charge in [-0.05, 0) is 0 Å². The van der Waals surface area contributed by atoms with E-state index in [1.54, 1.807) is 0 Å². The highest BCUT2D eigenvalue weighted by Gasteiger charge is 2.58. The summed E-state index contributed by atoms with van der Waals surface area (Å²) in [6.07, 6.45) is -10.8. The van der Waals surface area contributed by atoms with Crippen molar-refractivity contribution in [2.24, 2.45) is 4.99 Å². The number of rotatable bonds is 1. The monoisotopic (exact) mass is 296 g/mol. The quantitative estimate of drug-likeness (QED) is 0.442. The Labute approximate surface area is 99.9 Å². The molecule has 0 spiro atoms. The molecule has 0 bridgehead atoms. The van der Waals surface area contributed by atoms with Crippen LogP contribution in [0.4, 0.5) is 26.3 Å². The Balaban J connectivity index is 3.31. The van der Waals surface area contributed by atoms with E-state index in [0.29, 0.717) is 0 Å². The second kappa shape index (κ2) is 4.04. The minimum atomic E-state index is -5.34. The lowest BCUT2D eigenvalue weighted by Gasteiger charge is -2.32. The molecule has 1 heterocycles. The molecule has 102 valence electrons. The van der Waals surface area contributed by atoms with Crippen LogP contribution in [0.5, 0.6) is 0 Å². The van der Waals surface area contributed by atoms with Crippen molar-refractivity contribution < 1.29 is 36.2 Å². The summed E-state index contributed by atoms with van der Waals surface area (Å²) in [7, 11) is 0. The molecule has 1 aliphatic rings. The summed E-state index contributed by atoms with van der Waals surface area (Å²) in [4.78, 5) is 13.0. The van der Waals surface area contributed by atoms with Gasteiger partial charge in [-0.2, -0.15) is 26.3 Å². The summed E-state index contributed by atoms with van der Waals surface area (Å²) >= 11 is 4.86. The van der Waals surface area contributed by atoms with Gasteiger partial charge in [-0.25, -0.2) is 9.79 Å². The maximum Gasteiger partial charge on any atom is 0.447 e. The molecule has 1 rings (SSSR count). The first-order valence-electron chi connectivity index (χ1n) is 4.02. The van der Waals surface area contributed by atoms with Gasteiger partial charge >= 0.3 is 23.4 Å². The first kappa shape index (κ1) is 14.6. The van der Waals surface area contributed by atoms with Crippen LogP contribution in [-0.4, -0.2) is 34.8 Å². The van der Waals surface area contributed by atoms with E-state index >= 15 is 0 Å². The standard InChI is InChI=1S/C7H3ClF6N2O2/c8-6(7(12,13)14)15-1-2(4(17)18)3(16-6)5(9,10)11/h1,16H,(H,17,18). The van der Waals surface area contributed by atoms with Crippen LogP contribution in [0.15, 0.2) is 16.3 Å². The summed E-state index contributed by atoms with van der Waals surface area (Å²) in [5.74, 6) is -2.08. The van der Waals surface area contributed by atoms with Crippen LogP contribution in [-0.2, 0) is 4.79 Å². The van der Waals surface area contributed by atoms with Crippen LogP contribution in [0, 0.1) is 0 Å². The van der Waals surface area contributed by atoms with E-state index in [9.17, 15) is 31.1 Å². The van der Waals surface area contributed by atoms with E-state index < -0.39 is 34.7 Å². The van der Waals surface area contributed by atoms with Crippen molar-refractivity contribution >= 4 is 23.8 Å². The number of hydrogen-bond acceptors (Lipinski definition) is 3. The SMILES string of the molecule is O=C(O)C1=C(C(F)(F)F)NC(Cl)(C(F)(F)F)N=C1. The largest absolute Gasteiger partial charge is 0.478 e. The highest BCUT2D eigenvalue weighted by Crippen LogP contribution is 2.40. The molecule has 18 heavy (non-hydrogen) atoms. The normalized spacial score (nSPS) is 25.1. The number of carboxylic acid groups (broad SMARTS) is 1. The highest BCUT2D eigenvalue weighted by molar-refractivity contribution is 6.25. The smallest absolute Gasteiger partial charge is 0.447 e. The topological polar surface area (TPSA) is 61.7 Å². The fourth-order valence-electron chi connectivity index (χ4n) is 1.01. The Morgan fingerprint density at radius 2 is 1.83 bits per heavy atom. The zero-order valence-electron chi connectivity index (χ0n) is 8.03. The molecule has 0 aromatic heterocycles. The van der Waals surface area contributed by atoms with E-state index in [2.05, 4.69) is 4.99 Å². The molecule has 0 fully saturated rings. The van der Waals surface area contributed by atoms with Crippen LogP contribution in [0.3, 0.4) is 0 Å². The fraction of sp³-hybridized carbons (Fsp3) is 0.429. The molecule has 0 aromatic rings. The highest BCUT2D eigenvalue weighted by atomic mass is 35.5. The van der Waals surface area contributed by atoms with Gasteiger partial charge < -0.3 is 10.4 Å². The summed E-state index contributed by atoms with van der Waals surface area (Å²) in [6.45, 7) is 0. The minimum absolute atomic E-state index is 0.0812. The zero-order chi connectivity index (χ0) is 14.4. The van der Waals surface area contributed by atoms with Gasteiger partial charge in [0.25, 0.3) is 0 Å². The van der Waals surface area contributed by atoms with Crippen molar-refractivity contribution in [3.63, 3.8) is 0 Å². The lowest BCUT2D eigenvalue weighted by Crippen LogP contribution is -2.55. The number of alkyl halides is 7. The summed E-state index contributed by atoms with van der Waals surface area (Å²) in [6, 6.07) is 0. The molecule has 0 saturated carbocycles. The summed E-state index contributed by atoms with van der Waals surface area (Å²) in [5, 5.41) is 5.55. The van der Waals surface area contributed by atoms with Crippen molar-refractivity contribution in [2.45, 2.75) is 17.5 Å². The molecule has 1 unspecified atom stereocenters. The van der Waals surface area contributed by atoms with Gasteiger partial charge in [-0.15, -0.1) is 0 Å². The van der Waals surface area contributed by atoms with Crippen molar-refractivity contribution in [3.8, 4) is 0 Å². The Morgan fingerprint density at radius 1 is 1.33 bits per heavy atom. The molecule has 0 amide bonds. The van der Waals surface area contributed by atoms with Crippen molar-refractivity contribution in [2.75, 3.05) is 0 Å². The number of halogens is 7. The van der Waals surface area contributed by atoms with Crippen molar-refractivity contribution in [3.05, 3.63) is 11.3 Å². The third-order valence-electron chi connectivity index (χ3n) is 1.82. The average molecular weight is 297 g/mol. The van der Waals surface area contributed by atoms with Gasteiger partial charge in [-0.1, -0.05) is 11.6 Å². The third kappa shape index (κ3) is 2.52. The van der Waals surface area contributed by atoms with E-state index in [0.717, 1.165) is 5.32 Å². The summed E-state index contributed by atoms with van der Waals surface area (Å²) in [5.41, 5.74) is -3.57. The Morgan fingerprint density at radius 3 is 2.17 bits per heavy atom. The number of carboxylic acids is 1.